The lowest BCUT2D eigenvalue weighted by Crippen LogP contribution is -2.38. The molecule has 0 aromatic heterocycles. The minimum Gasteiger partial charge on any atom is -0.508 e. The van der Waals surface area contributed by atoms with E-state index in [1.165, 1.54) is 12.5 Å². The van der Waals surface area contributed by atoms with Gasteiger partial charge in [-0.05, 0) is 63.9 Å². The molecule has 1 unspecified atom stereocenters. The van der Waals surface area contributed by atoms with Crippen molar-refractivity contribution in [3.63, 3.8) is 0 Å². The Morgan fingerprint density at radius 2 is 1.68 bits per heavy atom. The maximum atomic E-state index is 11.2. The van der Waals surface area contributed by atoms with E-state index in [4.69, 9.17) is 4.74 Å². The van der Waals surface area contributed by atoms with Crippen LogP contribution in [0.2, 0.25) is 0 Å². The molecule has 0 radical (unpaired) electrons. The molecule has 4 heteroatoms. The van der Waals surface area contributed by atoms with Gasteiger partial charge < -0.3 is 9.84 Å². The summed E-state index contributed by atoms with van der Waals surface area (Å²) in [6, 6.07) is 16.7. The zero-order chi connectivity index (χ0) is 20.7. The Labute approximate surface area is 169 Å². The second kappa shape index (κ2) is 10.3. The van der Waals surface area contributed by atoms with Crippen LogP contribution in [0.3, 0.4) is 0 Å². The Hall–Kier alpha value is -2.33. The second-order valence-electron chi connectivity index (χ2n) is 7.85. The number of ether oxygens (including phenoxy) is 1. The van der Waals surface area contributed by atoms with Crippen LogP contribution in [-0.2, 0) is 16.1 Å². The largest absolute Gasteiger partial charge is 0.508 e. The maximum Gasteiger partial charge on any atom is 0.302 e. The molecule has 28 heavy (non-hydrogen) atoms. The standard InChI is InChI=1S/C24H33NO3/c1-17(2)25(18(3)4)14-13-22(21-9-7-6-8-10-21)23-15-20(11-12-24(23)27)16-28-19(5)26/h6-12,15,17-18,22,27H,13-14,16H2,1-5H3. The molecular formula is C24H33NO3. The Morgan fingerprint density at radius 3 is 2.25 bits per heavy atom. The summed E-state index contributed by atoms with van der Waals surface area (Å²) in [6.45, 7) is 11.4. The van der Waals surface area contributed by atoms with Crippen LogP contribution in [0.4, 0.5) is 0 Å². The lowest BCUT2D eigenvalue weighted by atomic mass is 9.86. The number of carbonyl (C=O) groups excluding carboxylic acids is 1. The summed E-state index contributed by atoms with van der Waals surface area (Å²) < 4.78 is 5.14. The Bertz CT molecular complexity index is 748. The number of aromatic hydroxyl groups is 1. The molecule has 0 bridgehead atoms. The Kier molecular flexibility index (Phi) is 8.06. The third-order valence-electron chi connectivity index (χ3n) is 5.11. The molecule has 2 aromatic rings. The predicted octanol–water partition coefficient (Wildman–Crippen LogP) is 5.10. The topological polar surface area (TPSA) is 49.8 Å². The van der Waals surface area contributed by atoms with Crippen molar-refractivity contribution < 1.29 is 14.6 Å². The lowest BCUT2D eigenvalue weighted by Gasteiger charge is -2.32. The summed E-state index contributed by atoms with van der Waals surface area (Å²) >= 11 is 0. The molecule has 0 aliphatic heterocycles. The Balaban J connectivity index is 2.34. The second-order valence-corrected chi connectivity index (χ2v) is 7.85. The quantitative estimate of drug-likeness (QED) is 0.612. The molecule has 152 valence electrons. The van der Waals surface area contributed by atoms with Crippen molar-refractivity contribution in [1.82, 2.24) is 4.90 Å². The van der Waals surface area contributed by atoms with E-state index in [1.807, 2.05) is 24.3 Å². The highest BCUT2D eigenvalue weighted by Crippen LogP contribution is 2.35. The maximum absolute atomic E-state index is 11.2. The molecule has 0 saturated heterocycles. The van der Waals surface area contributed by atoms with Crippen LogP contribution in [0, 0.1) is 0 Å². The number of rotatable bonds is 9. The fourth-order valence-electron chi connectivity index (χ4n) is 3.74. The van der Waals surface area contributed by atoms with Crippen molar-refractivity contribution >= 4 is 5.97 Å². The van der Waals surface area contributed by atoms with Gasteiger partial charge in [-0.3, -0.25) is 9.69 Å². The van der Waals surface area contributed by atoms with Gasteiger partial charge in [0.2, 0.25) is 0 Å². The van der Waals surface area contributed by atoms with Crippen molar-refractivity contribution in [3.8, 4) is 5.75 Å². The van der Waals surface area contributed by atoms with E-state index in [2.05, 4.69) is 44.7 Å². The van der Waals surface area contributed by atoms with Gasteiger partial charge in [0.05, 0.1) is 0 Å². The van der Waals surface area contributed by atoms with Crippen LogP contribution in [-0.4, -0.2) is 34.6 Å². The normalized spacial score (nSPS) is 12.6. The van der Waals surface area contributed by atoms with Crippen molar-refractivity contribution in [1.29, 1.82) is 0 Å². The number of hydrogen-bond acceptors (Lipinski definition) is 4. The number of esters is 1. The van der Waals surface area contributed by atoms with Crippen LogP contribution < -0.4 is 0 Å². The molecule has 4 nitrogen and oxygen atoms in total. The summed E-state index contributed by atoms with van der Waals surface area (Å²) in [4.78, 5) is 13.6. The van der Waals surface area contributed by atoms with Crippen molar-refractivity contribution in [2.24, 2.45) is 0 Å². The number of nitrogens with zero attached hydrogens (tertiary/aromatic N) is 1. The SMILES string of the molecule is CC(=O)OCc1ccc(O)c(C(CCN(C(C)C)C(C)C)c2ccccc2)c1. The van der Waals surface area contributed by atoms with Crippen molar-refractivity contribution in [3.05, 3.63) is 65.2 Å². The van der Waals surface area contributed by atoms with Gasteiger partial charge in [-0.25, -0.2) is 0 Å². The van der Waals surface area contributed by atoms with E-state index in [0.717, 1.165) is 24.1 Å². The molecule has 2 rings (SSSR count). The molecule has 1 atom stereocenters. The average molecular weight is 384 g/mol. The Morgan fingerprint density at radius 1 is 1.04 bits per heavy atom. The van der Waals surface area contributed by atoms with Gasteiger partial charge in [0.15, 0.2) is 0 Å². The minimum absolute atomic E-state index is 0.0680. The van der Waals surface area contributed by atoms with Gasteiger partial charge in [-0.2, -0.15) is 0 Å². The van der Waals surface area contributed by atoms with Crippen LogP contribution in [0.5, 0.6) is 5.75 Å². The smallest absolute Gasteiger partial charge is 0.302 e. The molecule has 0 aliphatic carbocycles. The zero-order valence-corrected chi connectivity index (χ0v) is 17.7. The third-order valence-corrected chi connectivity index (χ3v) is 5.11. The first-order valence-electron chi connectivity index (χ1n) is 10.1. The molecule has 0 saturated carbocycles. The van der Waals surface area contributed by atoms with E-state index in [1.54, 1.807) is 12.1 Å². The molecule has 0 aliphatic rings. The van der Waals surface area contributed by atoms with Crippen LogP contribution >= 0.6 is 0 Å². The molecule has 1 N–H and O–H groups in total. The van der Waals surface area contributed by atoms with Crippen LogP contribution in [0.25, 0.3) is 0 Å². The average Bonchev–Trinajstić information content (AvgIpc) is 2.65. The molecule has 0 fully saturated rings. The van der Waals surface area contributed by atoms with Crippen molar-refractivity contribution in [2.75, 3.05) is 6.54 Å². The molecule has 2 aromatic carbocycles. The fraction of sp³-hybridized carbons (Fsp3) is 0.458. The number of hydrogen-bond donors (Lipinski definition) is 1. The van der Waals surface area contributed by atoms with Gasteiger partial charge in [0.1, 0.15) is 12.4 Å². The van der Waals surface area contributed by atoms with Crippen LogP contribution in [0.1, 0.15) is 63.6 Å². The van der Waals surface area contributed by atoms with Gasteiger partial charge in [0, 0.05) is 30.5 Å². The summed E-state index contributed by atoms with van der Waals surface area (Å²) in [5, 5.41) is 10.6. The zero-order valence-electron chi connectivity index (χ0n) is 17.7. The minimum atomic E-state index is -0.307. The molecule has 0 amide bonds. The summed E-state index contributed by atoms with van der Waals surface area (Å²) in [5.41, 5.74) is 2.94. The van der Waals surface area contributed by atoms with E-state index < -0.39 is 0 Å². The number of benzene rings is 2. The van der Waals surface area contributed by atoms with Gasteiger partial charge >= 0.3 is 5.97 Å². The molecule has 0 spiro atoms. The third kappa shape index (κ3) is 6.10. The van der Waals surface area contributed by atoms with Gasteiger partial charge in [-0.15, -0.1) is 0 Å². The summed E-state index contributed by atoms with van der Waals surface area (Å²) in [5.74, 6) is 0.0401. The number of phenols is 1. The first-order valence-corrected chi connectivity index (χ1v) is 10.1. The van der Waals surface area contributed by atoms with E-state index in [0.29, 0.717) is 12.1 Å². The summed E-state index contributed by atoms with van der Waals surface area (Å²) in [6.07, 6.45) is 0.894. The van der Waals surface area contributed by atoms with Crippen molar-refractivity contribution in [2.45, 2.75) is 65.6 Å². The summed E-state index contributed by atoms with van der Waals surface area (Å²) in [7, 11) is 0. The first-order chi connectivity index (χ1) is 13.3. The number of carbonyl (C=O) groups is 1. The molecule has 0 heterocycles. The van der Waals surface area contributed by atoms with Gasteiger partial charge in [-0.1, -0.05) is 36.4 Å². The number of phenolic OH excluding ortho intramolecular Hbond substituents is 1. The highest BCUT2D eigenvalue weighted by atomic mass is 16.5. The van der Waals surface area contributed by atoms with E-state index >= 15 is 0 Å². The van der Waals surface area contributed by atoms with E-state index in [9.17, 15) is 9.90 Å². The van der Waals surface area contributed by atoms with Crippen LogP contribution in [0.15, 0.2) is 48.5 Å². The predicted molar refractivity (Wildman–Crippen MR) is 113 cm³/mol. The lowest BCUT2D eigenvalue weighted by molar-refractivity contribution is -0.142. The highest BCUT2D eigenvalue weighted by molar-refractivity contribution is 5.66. The van der Waals surface area contributed by atoms with Gasteiger partial charge in [0.25, 0.3) is 0 Å². The first kappa shape index (κ1) is 22.0. The fourth-order valence-corrected chi connectivity index (χ4v) is 3.74. The van der Waals surface area contributed by atoms with E-state index in [-0.39, 0.29) is 24.2 Å². The monoisotopic (exact) mass is 383 g/mol. The molecular weight excluding hydrogens is 350 g/mol. The highest BCUT2D eigenvalue weighted by Gasteiger charge is 2.21.